The number of anilines is 1. The first-order chi connectivity index (χ1) is 16.1. The van der Waals surface area contributed by atoms with Gasteiger partial charge in [0.15, 0.2) is 0 Å². The zero-order chi connectivity index (χ0) is 25.3. The molecule has 0 unspecified atom stereocenters. The third-order valence-corrected chi connectivity index (χ3v) is 6.36. The van der Waals surface area contributed by atoms with Crippen molar-refractivity contribution in [3.8, 4) is 5.75 Å². The van der Waals surface area contributed by atoms with Gasteiger partial charge in [-0.15, -0.1) is 0 Å². The lowest BCUT2D eigenvalue weighted by molar-refractivity contribution is -0.140. The number of halogens is 1. The van der Waals surface area contributed by atoms with Gasteiger partial charge in [-0.2, -0.15) is 0 Å². The second-order valence-corrected chi connectivity index (χ2v) is 9.71. The van der Waals surface area contributed by atoms with E-state index in [-0.39, 0.29) is 18.1 Å². The molecule has 0 saturated heterocycles. The molecule has 0 aliphatic carbocycles. The lowest BCUT2D eigenvalue weighted by Crippen LogP contribution is -2.52. The van der Waals surface area contributed by atoms with Crippen molar-refractivity contribution in [2.45, 2.75) is 39.3 Å². The summed E-state index contributed by atoms with van der Waals surface area (Å²) in [5.41, 5.74) is 0.825. The van der Waals surface area contributed by atoms with Crippen molar-refractivity contribution in [2.24, 2.45) is 0 Å². The minimum atomic E-state index is -3.87. The van der Waals surface area contributed by atoms with Crippen molar-refractivity contribution in [3.05, 3.63) is 59.9 Å². The highest BCUT2D eigenvalue weighted by molar-refractivity contribution is 7.92. The lowest BCUT2D eigenvalue weighted by atomic mass is 10.1. The molecular formula is C24H32FN3O5S. The van der Waals surface area contributed by atoms with Crippen LogP contribution < -0.4 is 14.4 Å². The van der Waals surface area contributed by atoms with Gasteiger partial charge in [0.05, 0.1) is 19.1 Å². The van der Waals surface area contributed by atoms with Crippen LogP contribution in [0.4, 0.5) is 10.1 Å². The van der Waals surface area contributed by atoms with Crippen LogP contribution >= 0.6 is 0 Å². The van der Waals surface area contributed by atoms with Crippen LogP contribution in [0.2, 0.25) is 0 Å². The highest BCUT2D eigenvalue weighted by atomic mass is 32.2. The van der Waals surface area contributed by atoms with Gasteiger partial charge >= 0.3 is 0 Å². The predicted octanol–water partition coefficient (Wildman–Crippen LogP) is 2.93. The van der Waals surface area contributed by atoms with E-state index in [0.29, 0.717) is 24.3 Å². The molecule has 0 heterocycles. The molecule has 186 valence electrons. The topological polar surface area (TPSA) is 96.0 Å². The maximum Gasteiger partial charge on any atom is 0.244 e. The largest absolute Gasteiger partial charge is 0.495 e. The summed E-state index contributed by atoms with van der Waals surface area (Å²) in [5, 5.41) is 2.80. The number of carbonyl (C=O) groups is 2. The van der Waals surface area contributed by atoms with Crippen LogP contribution in [0.5, 0.6) is 5.75 Å². The number of hydrogen-bond donors (Lipinski definition) is 1. The Morgan fingerprint density at radius 3 is 2.29 bits per heavy atom. The maximum absolute atomic E-state index is 13.5. The van der Waals surface area contributed by atoms with Gasteiger partial charge in [-0.3, -0.25) is 13.9 Å². The number of methoxy groups -OCH3 is 1. The van der Waals surface area contributed by atoms with Crippen LogP contribution in [-0.2, 0) is 26.2 Å². The number of ether oxygens (including phenoxy) is 1. The highest BCUT2D eigenvalue weighted by Crippen LogP contribution is 2.29. The standard InChI is InChI=1S/C24H32FN3O5S/c1-5-15-26-24(30)20(6-2)27(16-18-11-13-19(25)14-12-18)23(29)17-28(34(4,31)32)21-9-7-8-10-22(21)33-3/h7-14,20H,5-6,15-17H2,1-4H3,(H,26,30)/t20-/m0/s1. The fourth-order valence-corrected chi connectivity index (χ4v) is 4.36. The van der Waals surface area contributed by atoms with E-state index in [4.69, 9.17) is 4.74 Å². The molecule has 1 atom stereocenters. The molecule has 0 aromatic heterocycles. The summed E-state index contributed by atoms with van der Waals surface area (Å²) in [4.78, 5) is 27.7. The van der Waals surface area contributed by atoms with Crippen LogP contribution in [0.15, 0.2) is 48.5 Å². The monoisotopic (exact) mass is 493 g/mol. The Bertz CT molecular complexity index is 1080. The Kier molecular flexibility index (Phi) is 9.85. The summed E-state index contributed by atoms with van der Waals surface area (Å²) in [6, 6.07) is 11.2. The number of amides is 2. The second kappa shape index (κ2) is 12.4. The van der Waals surface area contributed by atoms with Crippen molar-refractivity contribution in [1.82, 2.24) is 10.2 Å². The van der Waals surface area contributed by atoms with Gasteiger partial charge in [0.2, 0.25) is 21.8 Å². The SMILES string of the molecule is CCCNC(=O)[C@H](CC)N(Cc1ccc(F)cc1)C(=O)CN(c1ccccc1OC)S(C)(=O)=O. The molecule has 0 radical (unpaired) electrons. The summed E-state index contributed by atoms with van der Waals surface area (Å²) in [6.07, 6.45) is 2.04. The fourth-order valence-electron chi connectivity index (χ4n) is 3.50. The molecular weight excluding hydrogens is 461 g/mol. The minimum absolute atomic E-state index is 0.0146. The third kappa shape index (κ3) is 7.18. The van der Waals surface area contributed by atoms with Crippen molar-refractivity contribution < 1.29 is 27.1 Å². The first kappa shape index (κ1) is 27.1. The number of carbonyl (C=O) groups excluding carboxylic acids is 2. The summed E-state index contributed by atoms with van der Waals surface area (Å²) in [5.74, 6) is -1.03. The normalized spacial score (nSPS) is 12.0. The zero-order valence-electron chi connectivity index (χ0n) is 20.0. The van der Waals surface area contributed by atoms with Gasteiger partial charge < -0.3 is 15.0 Å². The third-order valence-electron chi connectivity index (χ3n) is 5.23. The molecule has 0 bridgehead atoms. The van der Waals surface area contributed by atoms with Crippen LogP contribution in [0, 0.1) is 5.82 Å². The quantitative estimate of drug-likeness (QED) is 0.491. The second-order valence-electron chi connectivity index (χ2n) is 7.80. The van der Waals surface area contributed by atoms with E-state index in [0.717, 1.165) is 17.0 Å². The van der Waals surface area contributed by atoms with E-state index in [1.165, 1.54) is 36.3 Å². The zero-order valence-corrected chi connectivity index (χ0v) is 20.8. The average molecular weight is 494 g/mol. The molecule has 10 heteroatoms. The summed E-state index contributed by atoms with van der Waals surface area (Å²) < 4.78 is 45.0. The molecule has 0 spiro atoms. The van der Waals surface area contributed by atoms with Crippen molar-refractivity contribution in [1.29, 1.82) is 0 Å². The number of nitrogens with zero attached hydrogens (tertiary/aromatic N) is 2. The molecule has 2 aromatic rings. The van der Waals surface area contributed by atoms with Gasteiger partial charge in [0.1, 0.15) is 24.2 Å². The van der Waals surface area contributed by atoms with E-state index in [9.17, 15) is 22.4 Å². The molecule has 2 rings (SSSR count). The maximum atomic E-state index is 13.5. The summed E-state index contributed by atoms with van der Waals surface area (Å²) in [6.45, 7) is 3.62. The van der Waals surface area contributed by atoms with E-state index >= 15 is 0 Å². The smallest absolute Gasteiger partial charge is 0.244 e. The summed E-state index contributed by atoms with van der Waals surface area (Å²) in [7, 11) is -2.46. The molecule has 1 N–H and O–H groups in total. The van der Waals surface area contributed by atoms with Crippen LogP contribution in [0.1, 0.15) is 32.3 Å². The Morgan fingerprint density at radius 2 is 1.74 bits per heavy atom. The Hall–Kier alpha value is -3.14. The van der Waals surface area contributed by atoms with Crippen LogP contribution in [0.25, 0.3) is 0 Å². The van der Waals surface area contributed by atoms with E-state index < -0.39 is 34.3 Å². The average Bonchev–Trinajstić information content (AvgIpc) is 2.81. The Balaban J connectivity index is 2.45. The molecule has 0 fully saturated rings. The van der Waals surface area contributed by atoms with Gasteiger partial charge in [-0.1, -0.05) is 38.1 Å². The van der Waals surface area contributed by atoms with E-state index in [1.54, 1.807) is 31.2 Å². The van der Waals surface area contributed by atoms with Crippen LogP contribution in [-0.4, -0.2) is 57.6 Å². The van der Waals surface area contributed by atoms with Gasteiger partial charge in [0.25, 0.3) is 0 Å². The number of hydrogen-bond acceptors (Lipinski definition) is 5. The van der Waals surface area contributed by atoms with Gasteiger partial charge in [-0.25, -0.2) is 12.8 Å². The summed E-state index contributed by atoms with van der Waals surface area (Å²) >= 11 is 0. The molecule has 8 nitrogen and oxygen atoms in total. The molecule has 34 heavy (non-hydrogen) atoms. The molecule has 2 amide bonds. The van der Waals surface area contributed by atoms with Gasteiger partial charge in [-0.05, 0) is 42.7 Å². The van der Waals surface area contributed by atoms with Crippen LogP contribution in [0.3, 0.4) is 0 Å². The first-order valence-corrected chi connectivity index (χ1v) is 12.9. The van der Waals surface area contributed by atoms with E-state index in [1.807, 2.05) is 6.92 Å². The van der Waals surface area contributed by atoms with Crippen molar-refractivity contribution in [2.75, 3.05) is 30.8 Å². The van der Waals surface area contributed by atoms with E-state index in [2.05, 4.69) is 5.32 Å². The molecule has 0 aliphatic rings. The fraction of sp³-hybridized carbons (Fsp3) is 0.417. The predicted molar refractivity (Wildman–Crippen MR) is 130 cm³/mol. The minimum Gasteiger partial charge on any atom is -0.495 e. The Labute approximate surface area is 200 Å². The molecule has 2 aromatic carbocycles. The van der Waals surface area contributed by atoms with Gasteiger partial charge in [0, 0.05) is 13.1 Å². The number of rotatable bonds is 12. The lowest BCUT2D eigenvalue weighted by Gasteiger charge is -2.33. The number of para-hydroxylation sites is 2. The molecule has 0 saturated carbocycles. The van der Waals surface area contributed by atoms with Crippen molar-refractivity contribution >= 4 is 27.5 Å². The number of sulfonamides is 1. The number of benzene rings is 2. The molecule has 0 aliphatic heterocycles. The Morgan fingerprint density at radius 1 is 1.09 bits per heavy atom. The number of nitrogens with one attached hydrogen (secondary N) is 1. The van der Waals surface area contributed by atoms with Crippen molar-refractivity contribution in [3.63, 3.8) is 0 Å². The first-order valence-electron chi connectivity index (χ1n) is 11.0. The highest BCUT2D eigenvalue weighted by Gasteiger charge is 2.32.